The van der Waals surface area contributed by atoms with E-state index in [-0.39, 0.29) is 30.4 Å². The quantitative estimate of drug-likeness (QED) is 0.0128. The number of nitrogens with zero attached hydrogens (tertiary/aromatic N) is 6. The third kappa shape index (κ3) is 22.5. The van der Waals surface area contributed by atoms with Gasteiger partial charge in [-0.25, -0.2) is 30.7 Å². The number of aryl methyl sites for hydroxylation is 1. The first kappa shape index (κ1) is 80.1. The molecule has 3 aromatic heterocycles. The second-order valence-electron chi connectivity index (χ2n) is 23.5. The molecule has 0 radical (unpaired) electrons. The van der Waals surface area contributed by atoms with E-state index in [2.05, 4.69) is 68.9 Å². The molecule has 0 fully saturated rings. The summed E-state index contributed by atoms with van der Waals surface area (Å²) in [7, 11) is 0. The van der Waals surface area contributed by atoms with Gasteiger partial charge in [0.25, 0.3) is 17.7 Å². The molecule has 10 aromatic rings. The van der Waals surface area contributed by atoms with Crippen LogP contribution in [0.25, 0.3) is 32.7 Å². The minimum absolute atomic E-state index is 0.0527. The summed E-state index contributed by atoms with van der Waals surface area (Å²) in [5.74, 6) is -14.8. The molecule has 0 saturated heterocycles. The Morgan fingerprint density at radius 1 is 0.413 bits per heavy atom. The van der Waals surface area contributed by atoms with Gasteiger partial charge in [0.2, 0.25) is 5.82 Å². The molecule has 0 aliphatic heterocycles. The van der Waals surface area contributed by atoms with Crippen molar-refractivity contribution in [2.75, 3.05) is 119 Å². The Labute approximate surface area is 609 Å². The lowest BCUT2D eigenvalue weighted by Gasteiger charge is -2.21. The van der Waals surface area contributed by atoms with Crippen molar-refractivity contribution in [2.45, 2.75) is 40.4 Å². The van der Waals surface area contributed by atoms with Crippen molar-refractivity contribution in [1.82, 2.24) is 45.6 Å². The second-order valence-corrected chi connectivity index (χ2v) is 24.8. The molecule has 3 amide bonds. The van der Waals surface area contributed by atoms with Gasteiger partial charge in [0.1, 0.15) is 17.2 Å². The maximum Gasteiger partial charge on any atom is 0.416 e. The minimum Gasteiger partial charge on any atom is -0.383 e. The fraction of sp³-hybridized carbons (Fsp3) is 0.280. The monoisotopic (exact) mass is 1500 g/mol. The van der Waals surface area contributed by atoms with E-state index in [9.17, 15) is 58.3 Å². The summed E-state index contributed by atoms with van der Waals surface area (Å²) in [6, 6.07) is 37.4. The van der Waals surface area contributed by atoms with Gasteiger partial charge in [0, 0.05) is 152 Å². The van der Waals surface area contributed by atoms with E-state index in [1.54, 1.807) is 42.9 Å². The van der Waals surface area contributed by atoms with Crippen molar-refractivity contribution in [3.05, 3.63) is 241 Å². The lowest BCUT2D eigenvalue weighted by atomic mass is 10.0. The van der Waals surface area contributed by atoms with Gasteiger partial charge in [0.05, 0.1) is 38.9 Å². The topological polar surface area (TPSA) is 184 Å². The molecule has 0 unspecified atom stereocenters. The molecule has 10 rings (SSSR count). The highest BCUT2D eigenvalue weighted by atomic mass is 35.5. The lowest BCUT2D eigenvalue weighted by molar-refractivity contribution is -0.137. The number of carbonyl (C=O) groups is 3. The first-order valence-electron chi connectivity index (χ1n) is 33.2. The van der Waals surface area contributed by atoms with Crippen LogP contribution in [0.15, 0.2) is 152 Å². The summed E-state index contributed by atoms with van der Waals surface area (Å²) in [6.07, 6.45) is 0.467. The van der Waals surface area contributed by atoms with Crippen LogP contribution in [0.5, 0.6) is 0 Å². The van der Waals surface area contributed by atoms with Crippen LogP contribution in [0.1, 0.15) is 68.5 Å². The number of hydrogen-bond donors (Lipinski definition) is 7. The van der Waals surface area contributed by atoms with Gasteiger partial charge in [-0.2, -0.15) is 13.2 Å². The number of amides is 3. The Hall–Kier alpha value is -9.57. The summed E-state index contributed by atoms with van der Waals surface area (Å²) < 4.78 is 134. The zero-order valence-electron chi connectivity index (χ0n) is 57.1. The second kappa shape index (κ2) is 38.8. The van der Waals surface area contributed by atoms with E-state index in [0.29, 0.717) is 110 Å². The number of carbonyl (C=O) groups excluding carboxylic acids is 3. The number of halogens is 13. The predicted octanol–water partition coefficient (Wildman–Crippen LogP) is 16.1. The van der Waals surface area contributed by atoms with E-state index >= 15 is 0 Å². The fourth-order valence-corrected chi connectivity index (χ4v) is 11.5. The van der Waals surface area contributed by atoms with Crippen molar-refractivity contribution in [1.29, 1.82) is 0 Å². The van der Waals surface area contributed by atoms with E-state index in [4.69, 9.17) is 34.8 Å². The van der Waals surface area contributed by atoms with Crippen molar-refractivity contribution in [2.24, 2.45) is 0 Å². The van der Waals surface area contributed by atoms with Crippen LogP contribution in [-0.4, -0.2) is 146 Å². The zero-order valence-corrected chi connectivity index (χ0v) is 59.3. The number of likely N-dealkylation sites (N-methyl/N-ethyl adjacent to an activating group) is 3. The first-order chi connectivity index (χ1) is 49.9. The van der Waals surface area contributed by atoms with Gasteiger partial charge in [-0.05, 0) is 141 Å². The normalized spacial score (nSPS) is 11.3. The predicted molar refractivity (Wildman–Crippen MR) is 392 cm³/mol. The third-order valence-electron chi connectivity index (χ3n) is 16.6. The van der Waals surface area contributed by atoms with Crippen molar-refractivity contribution in [3.63, 3.8) is 0 Å². The highest BCUT2D eigenvalue weighted by Gasteiger charge is 2.33. The van der Waals surface area contributed by atoms with Gasteiger partial charge in [-0.15, -0.1) is 0 Å². The molecule has 16 nitrogen and oxygen atoms in total. The molecule has 104 heavy (non-hydrogen) atoms. The Morgan fingerprint density at radius 2 is 0.808 bits per heavy atom. The van der Waals surface area contributed by atoms with Crippen LogP contribution in [-0.2, 0) is 12.7 Å². The van der Waals surface area contributed by atoms with E-state index in [1.165, 1.54) is 25.1 Å². The summed E-state index contributed by atoms with van der Waals surface area (Å²) in [5.41, 5.74) is 3.74. The molecular weight excluding hydrogens is 1430 g/mol. The summed E-state index contributed by atoms with van der Waals surface area (Å²) in [5, 5.41) is 25.8. The molecule has 0 bridgehead atoms. The molecule has 7 N–H and O–H groups in total. The van der Waals surface area contributed by atoms with Crippen LogP contribution in [0.2, 0.25) is 15.1 Å². The van der Waals surface area contributed by atoms with E-state index in [1.807, 2.05) is 97.6 Å². The number of fused-ring (bicyclic) bond motifs is 3. The Morgan fingerprint density at radius 3 is 1.22 bits per heavy atom. The third-order valence-corrected chi connectivity index (χ3v) is 17.3. The van der Waals surface area contributed by atoms with Crippen LogP contribution >= 0.6 is 34.8 Å². The summed E-state index contributed by atoms with van der Waals surface area (Å²) in [4.78, 5) is 56.5. The molecule has 0 spiro atoms. The number of aromatic nitrogens is 3. The van der Waals surface area contributed by atoms with Crippen LogP contribution < -0.4 is 37.2 Å². The Balaban J connectivity index is 0.000000198. The molecule has 0 saturated carbocycles. The van der Waals surface area contributed by atoms with Gasteiger partial charge < -0.3 is 51.9 Å². The number of anilines is 4. The number of pyridine rings is 3. The molecule has 3 heterocycles. The molecule has 550 valence electrons. The Kier molecular flexibility index (Phi) is 29.9. The molecule has 0 atom stereocenters. The highest BCUT2D eigenvalue weighted by Crippen LogP contribution is 2.33. The SMILES string of the molecule is CCN(CCNC(=O)c1c(F)c(F)c(F)c(F)c1F)CCNc1ccnc2cc(Cl)ccc12.CCN(CCNC(=O)c1cc(C(F)(F)F)cc(C)c1F)CCNc1ccnc2cc(Cl)ccc12.CCN(CCNC(=O)c1ccc(F)cc1NCc1ccccc1)CCNc1ccnc2cc(Cl)ccc12. The maximum absolute atomic E-state index is 14.3. The average Bonchev–Trinajstić information content (AvgIpc) is 0.789. The molecule has 29 heteroatoms. The van der Waals surface area contributed by atoms with Crippen LogP contribution in [0.3, 0.4) is 0 Å². The van der Waals surface area contributed by atoms with Gasteiger partial charge in [-0.1, -0.05) is 85.9 Å². The summed E-state index contributed by atoms with van der Waals surface area (Å²) >= 11 is 18.1. The molecule has 7 aromatic carbocycles. The minimum atomic E-state index is -4.66. The van der Waals surface area contributed by atoms with Crippen molar-refractivity contribution in [3.8, 4) is 0 Å². The number of benzene rings is 7. The highest BCUT2D eigenvalue weighted by molar-refractivity contribution is 6.32. The van der Waals surface area contributed by atoms with Crippen molar-refractivity contribution < 1.29 is 58.3 Å². The lowest BCUT2D eigenvalue weighted by Crippen LogP contribution is -2.37. The summed E-state index contributed by atoms with van der Waals surface area (Å²) in [6.45, 7) is 15.8. The van der Waals surface area contributed by atoms with Crippen LogP contribution in [0.4, 0.5) is 66.7 Å². The maximum atomic E-state index is 14.3. The zero-order chi connectivity index (χ0) is 75.0. The molecular formula is C75H76Cl3F10N13O3. The average molecular weight is 1500 g/mol. The Bertz CT molecular complexity index is 4560. The standard InChI is InChI=1S/C29H31ClFN5O.C24H25ClF4N4O.C22H20ClF5N4O/c1-2-36(16-14-33-26-12-13-32-27-18-22(30)8-10-24(26)27)17-15-34-29(37)25-11-9-23(31)19-28(25)35-20-21-6-4-3-5-7-21;1-3-33(10-8-31-20-6-7-30-21-14-17(25)4-5-18(20)21)11-9-32-23(34)19-13-16(24(27,28)29)12-15(2)22(19)26;1-2-32(9-7-30-14-5-6-29-15-11-12(23)3-4-13(14)15)10-8-31-22(33)16-17(24)19(26)21(28)20(27)18(16)25/h3-13,18-19,35H,2,14-17,20H2,1H3,(H,32,33)(H,34,37);4-7,12-14H,3,8-11H2,1-2H3,(H,30,31)(H,32,34);3-6,11H,2,7-10H2,1H3,(H,29,30)(H,31,33). The largest absolute Gasteiger partial charge is 0.416 e. The smallest absolute Gasteiger partial charge is 0.383 e. The molecule has 0 aliphatic carbocycles. The fourth-order valence-electron chi connectivity index (χ4n) is 11.0. The number of hydrogen-bond acceptors (Lipinski definition) is 13. The van der Waals surface area contributed by atoms with Crippen LogP contribution in [0, 0.1) is 47.6 Å². The molecule has 0 aliphatic rings. The van der Waals surface area contributed by atoms with Gasteiger partial charge >= 0.3 is 6.18 Å². The van der Waals surface area contributed by atoms with E-state index < -0.39 is 69.6 Å². The first-order valence-corrected chi connectivity index (χ1v) is 34.3. The van der Waals surface area contributed by atoms with Gasteiger partial charge in [0.15, 0.2) is 23.3 Å². The van der Waals surface area contributed by atoms with E-state index in [0.717, 1.165) is 75.0 Å². The van der Waals surface area contributed by atoms with Crippen molar-refractivity contribution >= 4 is 108 Å². The van der Waals surface area contributed by atoms with Gasteiger partial charge in [-0.3, -0.25) is 29.3 Å². The number of rotatable bonds is 30. The number of nitrogens with one attached hydrogen (secondary N) is 7. The number of alkyl halides is 3.